The number of methoxy groups -OCH3 is 1. The second-order valence-electron chi connectivity index (χ2n) is 5.35. The van der Waals surface area contributed by atoms with E-state index in [9.17, 15) is 9.18 Å². The molecule has 2 rings (SSSR count). The molecule has 2 aromatic rings. The maximum atomic E-state index is 13.4. The summed E-state index contributed by atoms with van der Waals surface area (Å²) in [6.07, 6.45) is 1.78. The standard InChI is InChI=1S/C10H9FN2O.C8H14O3/c1-6-3-4-8(9(11)5-6)10-12-7(2)14-13-10;1-4-8(9)11-7(2)5-6-10-3/h3-5H,1-2H3;4,7H,1,5-6H2,2-3H3. The van der Waals surface area contributed by atoms with E-state index in [2.05, 4.69) is 16.7 Å². The average Bonchev–Trinajstić information content (AvgIpc) is 2.99. The number of nitrogens with zero attached hydrogens (tertiary/aromatic N) is 2. The van der Waals surface area contributed by atoms with Crippen LogP contribution < -0.4 is 0 Å². The Morgan fingerprint density at radius 2 is 2.16 bits per heavy atom. The first-order chi connectivity index (χ1) is 11.9. The molecule has 0 aliphatic rings. The lowest BCUT2D eigenvalue weighted by molar-refractivity contribution is -0.142. The molecular weight excluding hydrogens is 327 g/mol. The summed E-state index contributed by atoms with van der Waals surface area (Å²) in [6, 6.07) is 4.90. The quantitative estimate of drug-likeness (QED) is 0.585. The molecule has 1 aromatic heterocycles. The predicted octanol–water partition coefficient (Wildman–Crippen LogP) is 3.63. The van der Waals surface area contributed by atoms with Gasteiger partial charge in [-0.1, -0.05) is 17.8 Å². The van der Waals surface area contributed by atoms with E-state index < -0.39 is 0 Å². The Labute approximate surface area is 146 Å². The van der Waals surface area contributed by atoms with E-state index in [1.54, 1.807) is 20.1 Å². The van der Waals surface area contributed by atoms with Crippen LogP contribution in [0.15, 0.2) is 35.4 Å². The van der Waals surface area contributed by atoms with Crippen molar-refractivity contribution < 1.29 is 23.2 Å². The highest BCUT2D eigenvalue weighted by atomic mass is 19.1. The van der Waals surface area contributed by atoms with E-state index >= 15 is 0 Å². The van der Waals surface area contributed by atoms with E-state index in [0.717, 1.165) is 18.1 Å². The Bertz CT molecular complexity index is 700. The summed E-state index contributed by atoms with van der Waals surface area (Å²) in [4.78, 5) is 14.6. The minimum Gasteiger partial charge on any atom is -0.459 e. The Kier molecular flexibility index (Phi) is 8.49. The molecule has 6 nitrogen and oxygen atoms in total. The third kappa shape index (κ3) is 7.26. The van der Waals surface area contributed by atoms with E-state index in [1.807, 2.05) is 19.9 Å². The molecule has 0 bridgehead atoms. The monoisotopic (exact) mass is 350 g/mol. The van der Waals surface area contributed by atoms with Crippen molar-refractivity contribution in [2.75, 3.05) is 13.7 Å². The summed E-state index contributed by atoms with van der Waals surface area (Å²) >= 11 is 0. The minimum absolute atomic E-state index is 0.0968. The molecule has 0 N–H and O–H groups in total. The number of carbonyl (C=O) groups excluding carboxylic acids is 1. The maximum Gasteiger partial charge on any atom is 0.330 e. The van der Waals surface area contributed by atoms with Crippen LogP contribution in [-0.2, 0) is 14.3 Å². The first-order valence-corrected chi connectivity index (χ1v) is 7.76. The summed E-state index contributed by atoms with van der Waals surface area (Å²) in [5, 5.41) is 3.65. The van der Waals surface area contributed by atoms with Gasteiger partial charge in [-0.15, -0.1) is 0 Å². The van der Waals surface area contributed by atoms with Crippen molar-refractivity contribution in [2.24, 2.45) is 0 Å². The molecule has 1 atom stereocenters. The van der Waals surface area contributed by atoms with E-state index in [1.165, 1.54) is 6.07 Å². The van der Waals surface area contributed by atoms with Gasteiger partial charge in [-0.3, -0.25) is 0 Å². The number of aryl methyl sites for hydroxylation is 2. The summed E-state index contributed by atoms with van der Waals surface area (Å²) in [5.74, 6) is 0.0133. The number of esters is 1. The first-order valence-electron chi connectivity index (χ1n) is 7.76. The zero-order valence-electron chi connectivity index (χ0n) is 14.9. The second-order valence-corrected chi connectivity index (χ2v) is 5.35. The largest absolute Gasteiger partial charge is 0.459 e. The summed E-state index contributed by atoms with van der Waals surface area (Å²) in [7, 11) is 1.61. The van der Waals surface area contributed by atoms with Gasteiger partial charge in [-0.25, -0.2) is 9.18 Å². The van der Waals surface area contributed by atoms with Crippen LogP contribution in [0.1, 0.15) is 24.8 Å². The number of ether oxygens (including phenoxy) is 2. The van der Waals surface area contributed by atoms with Crippen LogP contribution in [0.5, 0.6) is 0 Å². The Morgan fingerprint density at radius 1 is 1.44 bits per heavy atom. The Hall–Kier alpha value is -2.54. The third-order valence-corrected chi connectivity index (χ3v) is 3.11. The van der Waals surface area contributed by atoms with Gasteiger partial charge in [0.15, 0.2) is 0 Å². The van der Waals surface area contributed by atoms with E-state index in [-0.39, 0.29) is 17.9 Å². The average molecular weight is 350 g/mol. The van der Waals surface area contributed by atoms with Gasteiger partial charge in [0.25, 0.3) is 0 Å². The van der Waals surface area contributed by atoms with Crippen LogP contribution >= 0.6 is 0 Å². The zero-order chi connectivity index (χ0) is 18.8. The third-order valence-electron chi connectivity index (χ3n) is 3.11. The lowest BCUT2D eigenvalue weighted by Crippen LogP contribution is -2.14. The van der Waals surface area contributed by atoms with Crippen molar-refractivity contribution >= 4 is 5.97 Å². The second kappa shape index (κ2) is 10.4. The fourth-order valence-electron chi connectivity index (χ4n) is 1.80. The molecule has 7 heteroatoms. The van der Waals surface area contributed by atoms with Crippen molar-refractivity contribution in [3.63, 3.8) is 0 Å². The number of carbonyl (C=O) groups is 1. The molecule has 0 aliphatic heterocycles. The maximum absolute atomic E-state index is 13.4. The molecule has 0 fully saturated rings. The topological polar surface area (TPSA) is 74.5 Å². The highest BCUT2D eigenvalue weighted by molar-refractivity contribution is 5.81. The van der Waals surface area contributed by atoms with Gasteiger partial charge in [0.2, 0.25) is 11.7 Å². The minimum atomic E-state index is -0.381. The molecule has 0 spiro atoms. The molecule has 1 heterocycles. The van der Waals surface area contributed by atoms with Gasteiger partial charge in [0.05, 0.1) is 5.56 Å². The van der Waals surface area contributed by atoms with Crippen molar-refractivity contribution in [2.45, 2.75) is 33.3 Å². The summed E-state index contributed by atoms with van der Waals surface area (Å²) < 4.78 is 27.9. The number of hydrogen-bond donors (Lipinski definition) is 0. The molecule has 0 radical (unpaired) electrons. The molecule has 0 saturated heterocycles. The molecule has 0 aliphatic carbocycles. The van der Waals surface area contributed by atoms with Gasteiger partial charge in [0, 0.05) is 33.1 Å². The van der Waals surface area contributed by atoms with Gasteiger partial charge < -0.3 is 14.0 Å². The molecule has 1 unspecified atom stereocenters. The fraction of sp³-hybridized carbons (Fsp3) is 0.389. The van der Waals surface area contributed by atoms with Crippen LogP contribution in [0.25, 0.3) is 11.4 Å². The van der Waals surface area contributed by atoms with Crippen LogP contribution in [-0.4, -0.2) is 35.9 Å². The van der Waals surface area contributed by atoms with Gasteiger partial charge in [-0.2, -0.15) is 4.98 Å². The van der Waals surface area contributed by atoms with Crippen LogP contribution in [0, 0.1) is 19.7 Å². The van der Waals surface area contributed by atoms with Crippen LogP contribution in [0.4, 0.5) is 4.39 Å². The number of benzene rings is 1. The normalized spacial score (nSPS) is 11.2. The SMILES string of the molecule is C=CC(=O)OC(C)CCOC.Cc1ccc(-c2noc(C)n2)c(F)c1. The zero-order valence-corrected chi connectivity index (χ0v) is 14.9. The molecule has 136 valence electrons. The van der Waals surface area contributed by atoms with Crippen molar-refractivity contribution in [1.29, 1.82) is 0 Å². The van der Waals surface area contributed by atoms with Gasteiger partial charge in [0.1, 0.15) is 11.9 Å². The van der Waals surface area contributed by atoms with Gasteiger partial charge in [-0.05, 0) is 31.5 Å². The highest BCUT2D eigenvalue weighted by Gasteiger charge is 2.10. The number of hydrogen-bond acceptors (Lipinski definition) is 6. The highest BCUT2D eigenvalue weighted by Crippen LogP contribution is 2.20. The number of halogens is 1. The first kappa shape index (κ1) is 20.5. The van der Waals surface area contributed by atoms with Crippen molar-refractivity contribution in [3.05, 3.63) is 48.1 Å². The number of aromatic nitrogens is 2. The molecule has 1 aromatic carbocycles. The Morgan fingerprint density at radius 3 is 2.68 bits per heavy atom. The molecule has 0 amide bonds. The predicted molar refractivity (Wildman–Crippen MR) is 91.4 cm³/mol. The summed E-state index contributed by atoms with van der Waals surface area (Å²) in [5.41, 5.74) is 1.24. The molecule has 25 heavy (non-hydrogen) atoms. The van der Waals surface area contributed by atoms with Crippen LogP contribution in [0.3, 0.4) is 0 Å². The van der Waals surface area contributed by atoms with Crippen molar-refractivity contribution in [1.82, 2.24) is 10.1 Å². The smallest absolute Gasteiger partial charge is 0.330 e. The lowest BCUT2D eigenvalue weighted by Gasteiger charge is -2.10. The Balaban J connectivity index is 0.000000260. The van der Waals surface area contributed by atoms with Gasteiger partial charge >= 0.3 is 5.97 Å². The van der Waals surface area contributed by atoms with Crippen LogP contribution in [0.2, 0.25) is 0 Å². The molecule has 0 saturated carbocycles. The molecular formula is C18H23FN2O4. The fourth-order valence-corrected chi connectivity index (χ4v) is 1.80. The lowest BCUT2D eigenvalue weighted by atomic mass is 10.1. The number of rotatable bonds is 6. The van der Waals surface area contributed by atoms with E-state index in [4.69, 9.17) is 14.0 Å². The van der Waals surface area contributed by atoms with E-state index in [0.29, 0.717) is 23.9 Å². The van der Waals surface area contributed by atoms with Crippen molar-refractivity contribution in [3.8, 4) is 11.4 Å². The summed E-state index contributed by atoms with van der Waals surface area (Å²) in [6.45, 7) is 9.21.